The molecule has 0 aliphatic carbocycles. The third kappa shape index (κ3) is 4.13. The summed E-state index contributed by atoms with van der Waals surface area (Å²) in [5, 5.41) is 4.52. The van der Waals surface area contributed by atoms with Gasteiger partial charge in [-0.15, -0.1) is 0 Å². The van der Waals surface area contributed by atoms with Gasteiger partial charge in [-0.3, -0.25) is 9.59 Å². The number of rotatable bonds is 5. The molecular weight excluding hydrogens is 399 g/mol. The molecule has 1 fully saturated rings. The first-order valence-corrected chi connectivity index (χ1v) is 10.2. The van der Waals surface area contributed by atoms with Crippen LogP contribution in [0.4, 0.5) is 4.39 Å². The number of fused-ring (bicyclic) bond motifs is 1. The van der Waals surface area contributed by atoms with E-state index in [2.05, 4.69) is 10.1 Å². The lowest BCUT2D eigenvalue weighted by molar-refractivity contribution is -0.138. The number of hydrogen-bond acceptors (Lipinski definition) is 5. The quantitative estimate of drug-likeness (QED) is 0.669. The van der Waals surface area contributed by atoms with E-state index in [-0.39, 0.29) is 12.5 Å². The van der Waals surface area contributed by atoms with Crippen molar-refractivity contribution in [2.24, 2.45) is 5.73 Å². The zero-order valence-electron chi connectivity index (χ0n) is 17.5. The van der Waals surface area contributed by atoms with Crippen molar-refractivity contribution in [1.82, 2.24) is 24.4 Å². The van der Waals surface area contributed by atoms with E-state index in [1.54, 1.807) is 43.1 Å². The molecule has 8 nitrogen and oxygen atoms in total. The van der Waals surface area contributed by atoms with Gasteiger partial charge in [0.1, 0.15) is 12.2 Å². The Morgan fingerprint density at radius 2 is 1.94 bits per heavy atom. The molecule has 9 heteroatoms. The van der Waals surface area contributed by atoms with E-state index >= 15 is 0 Å². The second-order valence-electron chi connectivity index (χ2n) is 7.98. The van der Waals surface area contributed by atoms with Crippen LogP contribution in [0.5, 0.6) is 0 Å². The van der Waals surface area contributed by atoms with Gasteiger partial charge in [0, 0.05) is 38.6 Å². The van der Waals surface area contributed by atoms with Crippen molar-refractivity contribution >= 4 is 17.5 Å². The Morgan fingerprint density at radius 3 is 2.58 bits per heavy atom. The van der Waals surface area contributed by atoms with Crippen LogP contribution in [0.15, 0.2) is 48.8 Å². The number of aromatic nitrogens is 3. The van der Waals surface area contributed by atoms with E-state index in [9.17, 15) is 14.0 Å². The summed E-state index contributed by atoms with van der Waals surface area (Å²) in [5.41, 5.74) is 9.26. The largest absolute Gasteiger partial charge is 0.348 e. The number of halogens is 1. The van der Waals surface area contributed by atoms with Crippen LogP contribution >= 0.6 is 0 Å². The lowest BCUT2D eigenvalue weighted by atomic mass is 9.89. The number of alkyl halides is 1. The van der Waals surface area contributed by atoms with Gasteiger partial charge >= 0.3 is 0 Å². The van der Waals surface area contributed by atoms with E-state index in [1.165, 1.54) is 9.80 Å². The van der Waals surface area contributed by atoms with Gasteiger partial charge in [0.15, 0.2) is 5.65 Å². The van der Waals surface area contributed by atoms with Crippen LogP contribution in [0.3, 0.4) is 0 Å². The normalized spacial score (nSPS) is 18.2. The molecule has 1 aliphatic rings. The first-order chi connectivity index (χ1) is 14.8. The smallest absolute Gasteiger partial charge is 0.240 e. The second-order valence-corrected chi connectivity index (χ2v) is 7.98. The molecule has 0 bridgehead atoms. The highest BCUT2D eigenvalue weighted by Gasteiger charge is 2.37. The molecule has 31 heavy (non-hydrogen) atoms. The Morgan fingerprint density at radius 1 is 1.19 bits per heavy atom. The summed E-state index contributed by atoms with van der Waals surface area (Å²) in [4.78, 5) is 32.8. The molecule has 3 atom stereocenters. The standard InChI is InChI=1S/C22H25FN6O2/c1-27(2)21(30)19(20(24)22(31)28-11-9-16(23)13-28)15-5-3-14(4-6-15)17-7-8-18-25-10-12-29(18)26-17/h3-8,10,12,16,19-20H,9,11,13,24H2,1-2H3/t16-,19-,20-/m0/s1. The summed E-state index contributed by atoms with van der Waals surface area (Å²) in [6.45, 7) is 0.342. The number of amides is 2. The van der Waals surface area contributed by atoms with Crippen LogP contribution < -0.4 is 5.73 Å². The van der Waals surface area contributed by atoms with Crippen molar-refractivity contribution in [3.63, 3.8) is 0 Å². The van der Waals surface area contributed by atoms with Crippen molar-refractivity contribution in [3.05, 3.63) is 54.4 Å². The van der Waals surface area contributed by atoms with Crippen LogP contribution in [0, 0.1) is 0 Å². The zero-order chi connectivity index (χ0) is 22.1. The fourth-order valence-electron chi connectivity index (χ4n) is 3.88. The van der Waals surface area contributed by atoms with E-state index in [4.69, 9.17) is 5.73 Å². The third-order valence-electron chi connectivity index (χ3n) is 5.61. The van der Waals surface area contributed by atoms with E-state index < -0.39 is 24.0 Å². The molecule has 0 unspecified atom stereocenters. The average Bonchev–Trinajstić information content (AvgIpc) is 3.41. The second kappa shape index (κ2) is 8.43. The SMILES string of the molecule is CN(C)C(=O)[C@@H](c1ccc(-c2ccc3nccn3n2)cc1)[C@H](N)C(=O)N1CC[C@H](F)C1. The summed E-state index contributed by atoms with van der Waals surface area (Å²) in [5.74, 6) is -1.54. The van der Waals surface area contributed by atoms with Gasteiger partial charge in [0.05, 0.1) is 18.2 Å². The van der Waals surface area contributed by atoms with Gasteiger partial charge in [-0.05, 0) is 24.1 Å². The Hall–Kier alpha value is -3.33. The summed E-state index contributed by atoms with van der Waals surface area (Å²) < 4.78 is 15.3. The molecule has 2 amide bonds. The summed E-state index contributed by atoms with van der Waals surface area (Å²) >= 11 is 0. The van der Waals surface area contributed by atoms with Gasteiger partial charge in [-0.1, -0.05) is 24.3 Å². The van der Waals surface area contributed by atoms with Crippen LogP contribution in [0.25, 0.3) is 16.9 Å². The molecule has 162 valence electrons. The molecule has 1 aromatic carbocycles. The third-order valence-corrected chi connectivity index (χ3v) is 5.61. The molecule has 0 spiro atoms. The number of carbonyl (C=O) groups excluding carboxylic acids is 2. The number of nitrogens with two attached hydrogens (primary N) is 1. The predicted molar refractivity (Wildman–Crippen MR) is 114 cm³/mol. The van der Waals surface area contributed by atoms with Crippen LogP contribution in [-0.4, -0.2) is 75.6 Å². The van der Waals surface area contributed by atoms with E-state index in [0.29, 0.717) is 18.5 Å². The van der Waals surface area contributed by atoms with E-state index in [0.717, 1.165) is 16.9 Å². The maximum atomic E-state index is 13.6. The molecule has 4 rings (SSSR count). The molecule has 0 radical (unpaired) electrons. The van der Waals surface area contributed by atoms with Gasteiger partial charge in [-0.2, -0.15) is 5.10 Å². The summed E-state index contributed by atoms with van der Waals surface area (Å²) in [6.07, 6.45) is 2.70. The number of carbonyl (C=O) groups is 2. The zero-order valence-corrected chi connectivity index (χ0v) is 17.5. The number of nitrogens with zero attached hydrogens (tertiary/aromatic N) is 5. The fourth-order valence-corrected chi connectivity index (χ4v) is 3.88. The summed E-state index contributed by atoms with van der Waals surface area (Å²) in [6, 6.07) is 9.92. The first-order valence-electron chi connectivity index (χ1n) is 10.2. The maximum Gasteiger partial charge on any atom is 0.240 e. The van der Waals surface area contributed by atoms with Gasteiger partial charge < -0.3 is 15.5 Å². The van der Waals surface area contributed by atoms with Crippen LogP contribution in [0.2, 0.25) is 0 Å². The van der Waals surface area contributed by atoms with Crippen LogP contribution in [-0.2, 0) is 9.59 Å². The van der Waals surface area contributed by atoms with Crippen molar-refractivity contribution < 1.29 is 14.0 Å². The lowest BCUT2D eigenvalue weighted by Crippen LogP contribution is -2.50. The molecule has 0 saturated carbocycles. The van der Waals surface area contributed by atoms with Crippen molar-refractivity contribution in [2.45, 2.75) is 24.6 Å². The van der Waals surface area contributed by atoms with Crippen molar-refractivity contribution in [2.75, 3.05) is 27.2 Å². The van der Waals surface area contributed by atoms with Gasteiger partial charge in [0.25, 0.3) is 0 Å². The number of imidazole rings is 1. The molecule has 3 heterocycles. The Kier molecular flexibility index (Phi) is 5.69. The Bertz CT molecular complexity index is 1100. The number of likely N-dealkylation sites (N-methyl/N-ethyl adjacent to an activating group) is 1. The van der Waals surface area contributed by atoms with Gasteiger partial charge in [0.2, 0.25) is 11.8 Å². The average molecular weight is 424 g/mol. The molecule has 1 aliphatic heterocycles. The minimum absolute atomic E-state index is 0.0245. The molecule has 2 aromatic heterocycles. The number of likely N-dealkylation sites (tertiary alicyclic amines) is 1. The molecule has 1 saturated heterocycles. The Labute approximate surface area is 179 Å². The Balaban J connectivity index is 1.62. The lowest BCUT2D eigenvalue weighted by Gasteiger charge is -2.28. The molecular formula is C22H25FN6O2. The van der Waals surface area contributed by atoms with Crippen molar-refractivity contribution in [1.29, 1.82) is 0 Å². The monoisotopic (exact) mass is 424 g/mol. The minimum Gasteiger partial charge on any atom is -0.348 e. The molecule has 3 aromatic rings. The summed E-state index contributed by atoms with van der Waals surface area (Å²) in [7, 11) is 3.25. The highest BCUT2D eigenvalue weighted by Crippen LogP contribution is 2.27. The first kappa shape index (κ1) is 20.9. The topological polar surface area (TPSA) is 96.8 Å². The van der Waals surface area contributed by atoms with E-state index in [1.807, 2.05) is 24.3 Å². The highest BCUT2D eigenvalue weighted by molar-refractivity contribution is 5.93. The molecule has 2 N–H and O–H groups in total. The highest BCUT2D eigenvalue weighted by atomic mass is 19.1. The minimum atomic E-state index is -1.09. The maximum absolute atomic E-state index is 13.6. The predicted octanol–water partition coefficient (Wildman–Crippen LogP) is 1.47. The number of hydrogen-bond donors (Lipinski definition) is 1. The fraction of sp³-hybridized carbons (Fsp3) is 0.364. The van der Waals surface area contributed by atoms with Crippen LogP contribution in [0.1, 0.15) is 17.9 Å². The van der Waals surface area contributed by atoms with Gasteiger partial charge in [-0.25, -0.2) is 13.9 Å². The van der Waals surface area contributed by atoms with Crippen molar-refractivity contribution in [3.8, 4) is 11.3 Å². The number of benzene rings is 1.